The van der Waals surface area contributed by atoms with Gasteiger partial charge in [0, 0.05) is 16.1 Å². The van der Waals surface area contributed by atoms with Crippen LogP contribution in [0.4, 0.5) is 10.1 Å². The zero-order valence-corrected chi connectivity index (χ0v) is 13.9. The van der Waals surface area contributed by atoms with E-state index in [4.69, 9.17) is 4.74 Å². The number of benzene rings is 2. The molecule has 3 aromatic rings. The largest absolute Gasteiger partial charge is 0.497 e. The molecule has 0 unspecified atom stereocenters. The van der Waals surface area contributed by atoms with E-state index in [1.807, 2.05) is 41.8 Å². The molecule has 3 rings (SSSR count). The second-order valence-corrected chi connectivity index (χ2v) is 6.21. The highest BCUT2D eigenvalue weighted by Crippen LogP contribution is 2.24. The molecule has 0 N–H and O–H groups in total. The Hall–Kier alpha value is -2.66. The number of methoxy groups -OCH3 is 1. The lowest BCUT2D eigenvalue weighted by atomic mass is 10.1. The van der Waals surface area contributed by atoms with Crippen LogP contribution in [0, 0.1) is 5.82 Å². The predicted molar refractivity (Wildman–Crippen MR) is 94.2 cm³/mol. The van der Waals surface area contributed by atoms with Gasteiger partial charge >= 0.3 is 0 Å². The van der Waals surface area contributed by atoms with Crippen LogP contribution in [0.1, 0.15) is 15.2 Å². The standard InChI is InChI=1S/C19H16FNO2S/c1-23-17-10-8-16(9-11-17)21(13-18-3-2-12-24-18)19(22)14-4-6-15(20)7-5-14/h2-12H,13H2,1H3. The highest BCUT2D eigenvalue weighted by atomic mass is 32.1. The second-order valence-electron chi connectivity index (χ2n) is 5.18. The van der Waals surface area contributed by atoms with Crippen molar-refractivity contribution in [2.75, 3.05) is 12.0 Å². The summed E-state index contributed by atoms with van der Waals surface area (Å²) < 4.78 is 18.3. The Bertz CT molecular complexity index is 798. The number of halogens is 1. The maximum Gasteiger partial charge on any atom is 0.258 e. The third-order valence-electron chi connectivity index (χ3n) is 3.61. The number of amides is 1. The van der Waals surface area contributed by atoms with Crippen molar-refractivity contribution >= 4 is 22.9 Å². The molecule has 1 amide bonds. The molecule has 0 aliphatic carbocycles. The van der Waals surface area contributed by atoms with Crippen LogP contribution < -0.4 is 9.64 Å². The molecule has 0 radical (unpaired) electrons. The molecule has 0 fully saturated rings. The number of ether oxygens (including phenoxy) is 1. The third kappa shape index (κ3) is 3.63. The molecule has 1 heterocycles. The fourth-order valence-corrected chi connectivity index (χ4v) is 3.04. The highest BCUT2D eigenvalue weighted by molar-refractivity contribution is 7.09. The minimum Gasteiger partial charge on any atom is -0.497 e. The summed E-state index contributed by atoms with van der Waals surface area (Å²) in [4.78, 5) is 15.7. The monoisotopic (exact) mass is 341 g/mol. The fourth-order valence-electron chi connectivity index (χ4n) is 2.35. The number of carbonyl (C=O) groups excluding carboxylic acids is 1. The van der Waals surface area contributed by atoms with Gasteiger partial charge in [-0.05, 0) is 60.0 Å². The van der Waals surface area contributed by atoms with E-state index in [1.165, 1.54) is 24.3 Å². The van der Waals surface area contributed by atoms with Crippen LogP contribution in [0.25, 0.3) is 0 Å². The van der Waals surface area contributed by atoms with Crippen LogP contribution in [0.15, 0.2) is 66.0 Å². The Morgan fingerprint density at radius 1 is 1.08 bits per heavy atom. The Morgan fingerprint density at radius 3 is 2.38 bits per heavy atom. The molecular formula is C19H16FNO2S. The first-order chi connectivity index (χ1) is 11.7. The Labute approximate surface area is 143 Å². The molecule has 0 atom stereocenters. The average Bonchev–Trinajstić information content (AvgIpc) is 3.13. The lowest BCUT2D eigenvalue weighted by molar-refractivity contribution is 0.0985. The lowest BCUT2D eigenvalue weighted by Crippen LogP contribution is -2.30. The van der Waals surface area contributed by atoms with Crippen molar-refractivity contribution in [3.05, 3.63) is 82.3 Å². The minimum atomic E-state index is -0.360. The van der Waals surface area contributed by atoms with Crippen molar-refractivity contribution in [1.29, 1.82) is 0 Å². The van der Waals surface area contributed by atoms with E-state index in [0.29, 0.717) is 12.1 Å². The predicted octanol–water partition coefficient (Wildman–Crippen LogP) is 4.74. The molecule has 0 saturated heterocycles. The number of rotatable bonds is 5. The van der Waals surface area contributed by atoms with Gasteiger partial charge in [0.15, 0.2) is 0 Å². The van der Waals surface area contributed by atoms with Gasteiger partial charge in [0.1, 0.15) is 11.6 Å². The third-order valence-corrected chi connectivity index (χ3v) is 4.48. The van der Waals surface area contributed by atoms with Gasteiger partial charge < -0.3 is 9.64 Å². The topological polar surface area (TPSA) is 29.5 Å². The van der Waals surface area contributed by atoms with Crippen molar-refractivity contribution in [1.82, 2.24) is 0 Å². The Kier molecular flexibility index (Phi) is 4.91. The van der Waals surface area contributed by atoms with E-state index < -0.39 is 0 Å². The number of hydrogen-bond acceptors (Lipinski definition) is 3. The van der Waals surface area contributed by atoms with Crippen LogP contribution in [0.2, 0.25) is 0 Å². The van der Waals surface area contributed by atoms with Crippen molar-refractivity contribution in [2.45, 2.75) is 6.54 Å². The van der Waals surface area contributed by atoms with Crippen LogP contribution in [0.3, 0.4) is 0 Å². The number of anilines is 1. The molecule has 0 bridgehead atoms. The molecule has 5 heteroatoms. The van der Waals surface area contributed by atoms with Gasteiger partial charge in [-0.25, -0.2) is 4.39 Å². The van der Waals surface area contributed by atoms with Crippen LogP contribution >= 0.6 is 11.3 Å². The summed E-state index contributed by atoms with van der Waals surface area (Å²) in [6, 6.07) is 16.8. The summed E-state index contributed by atoms with van der Waals surface area (Å²) in [6.45, 7) is 0.459. The smallest absolute Gasteiger partial charge is 0.258 e. The molecule has 3 nitrogen and oxygen atoms in total. The molecule has 122 valence electrons. The first-order valence-electron chi connectivity index (χ1n) is 7.41. The van der Waals surface area contributed by atoms with Crippen molar-refractivity contribution in [3.63, 3.8) is 0 Å². The van der Waals surface area contributed by atoms with E-state index in [0.717, 1.165) is 16.3 Å². The number of nitrogens with zero attached hydrogens (tertiary/aromatic N) is 1. The van der Waals surface area contributed by atoms with Crippen molar-refractivity contribution < 1.29 is 13.9 Å². The average molecular weight is 341 g/mol. The molecule has 0 aliphatic heterocycles. The molecule has 0 aliphatic rings. The molecule has 24 heavy (non-hydrogen) atoms. The van der Waals surface area contributed by atoms with Crippen LogP contribution in [-0.2, 0) is 6.54 Å². The maximum absolute atomic E-state index is 13.1. The molecule has 0 spiro atoms. The van der Waals surface area contributed by atoms with Gasteiger partial charge in [-0.15, -0.1) is 11.3 Å². The molecule has 2 aromatic carbocycles. The fraction of sp³-hybridized carbons (Fsp3) is 0.105. The first-order valence-corrected chi connectivity index (χ1v) is 8.29. The van der Waals surface area contributed by atoms with Gasteiger partial charge in [-0.1, -0.05) is 6.07 Å². The zero-order chi connectivity index (χ0) is 16.9. The quantitative estimate of drug-likeness (QED) is 0.671. The second kappa shape index (κ2) is 7.27. The van der Waals surface area contributed by atoms with E-state index in [-0.39, 0.29) is 11.7 Å². The lowest BCUT2D eigenvalue weighted by Gasteiger charge is -2.22. The molecule has 0 saturated carbocycles. The SMILES string of the molecule is COc1ccc(N(Cc2cccs2)C(=O)c2ccc(F)cc2)cc1. The minimum absolute atomic E-state index is 0.173. The van der Waals surface area contributed by atoms with Gasteiger partial charge in [-0.3, -0.25) is 4.79 Å². The summed E-state index contributed by atoms with van der Waals surface area (Å²) in [7, 11) is 1.60. The van der Waals surface area contributed by atoms with Gasteiger partial charge in [0.25, 0.3) is 5.91 Å². The normalized spacial score (nSPS) is 10.4. The van der Waals surface area contributed by atoms with Crippen LogP contribution in [-0.4, -0.2) is 13.0 Å². The van der Waals surface area contributed by atoms with Crippen LogP contribution in [0.5, 0.6) is 5.75 Å². The van der Waals surface area contributed by atoms with E-state index in [1.54, 1.807) is 23.3 Å². The summed E-state index contributed by atoms with van der Waals surface area (Å²) in [6.07, 6.45) is 0. The van der Waals surface area contributed by atoms with Gasteiger partial charge in [0.05, 0.1) is 13.7 Å². The summed E-state index contributed by atoms with van der Waals surface area (Å²) in [5.74, 6) is 0.193. The van der Waals surface area contributed by atoms with E-state index in [9.17, 15) is 9.18 Å². The molecule has 1 aromatic heterocycles. The highest BCUT2D eigenvalue weighted by Gasteiger charge is 2.19. The van der Waals surface area contributed by atoms with Gasteiger partial charge in [-0.2, -0.15) is 0 Å². The zero-order valence-electron chi connectivity index (χ0n) is 13.1. The summed E-state index contributed by atoms with van der Waals surface area (Å²) >= 11 is 1.59. The van der Waals surface area contributed by atoms with Gasteiger partial charge in [0.2, 0.25) is 0 Å². The van der Waals surface area contributed by atoms with Crippen molar-refractivity contribution in [2.24, 2.45) is 0 Å². The number of hydrogen-bond donors (Lipinski definition) is 0. The van der Waals surface area contributed by atoms with E-state index >= 15 is 0 Å². The number of thiophene rings is 1. The molecular weight excluding hydrogens is 325 g/mol. The van der Waals surface area contributed by atoms with E-state index in [2.05, 4.69) is 0 Å². The summed E-state index contributed by atoms with van der Waals surface area (Å²) in [5.41, 5.74) is 1.21. The Balaban J connectivity index is 1.93. The first kappa shape index (κ1) is 16.2. The summed E-state index contributed by atoms with van der Waals surface area (Å²) in [5, 5.41) is 1.98. The van der Waals surface area contributed by atoms with Crippen molar-refractivity contribution in [3.8, 4) is 5.75 Å². The number of carbonyl (C=O) groups is 1. The maximum atomic E-state index is 13.1. The Morgan fingerprint density at radius 2 is 1.79 bits per heavy atom.